The van der Waals surface area contributed by atoms with Crippen molar-refractivity contribution in [2.75, 3.05) is 16.4 Å². The van der Waals surface area contributed by atoms with Gasteiger partial charge in [-0.05, 0) is 32.0 Å². The van der Waals surface area contributed by atoms with Gasteiger partial charge in [-0.15, -0.1) is 21.5 Å². The van der Waals surface area contributed by atoms with Gasteiger partial charge in [0.05, 0.1) is 23.4 Å². The number of aryl methyl sites for hydroxylation is 1. The number of thiazole rings is 1. The summed E-state index contributed by atoms with van der Waals surface area (Å²) in [5.74, 6) is -0.359. The molecule has 170 valence electrons. The van der Waals surface area contributed by atoms with Gasteiger partial charge in [0.1, 0.15) is 5.82 Å². The van der Waals surface area contributed by atoms with Gasteiger partial charge in [-0.2, -0.15) is 13.2 Å². The highest BCUT2D eigenvalue weighted by atomic mass is 32.2. The van der Waals surface area contributed by atoms with Crippen molar-refractivity contribution in [1.82, 2.24) is 19.7 Å². The predicted molar refractivity (Wildman–Crippen MR) is 116 cm³/mol. The summed E-state index contributed by atoms with van der Waals surface area (Å²) >= 11 is 2.49. The Morgan fingerprint density at radius 1 is 1.19 bits per heavy atom. The van der Waals surface area contributed by atoms with E-state index >= 15 is 0 Å². The molecule has 2 amide bonds. The minimum absolute atomic E-state index is 0.0380. The molecule has 8 nitrogen and oxygen atoms in total. The van der Waals surface area contributed by atoms with Gasteiger partial charge in [0.15, 0.2) is 10.3 Å². The highest BCUT2D eigenvalue weighted by Crippen LogP contribution is 2.30. The number of aromatic nitrogens is 4. The first-order valence-corrected chi connectivity index (χ1v) is 11.3. The van der Waals surface area contributed by atoms with Crippen LogP contribution in [-0.2, 0) is 28.7 Å². The van der Waals surface area contributed by atoms with Gasteiger partial charge in [-0.3, -0.25) is 9.59 Å². The SMILES string of the molecule is CCn1c(CC(=O)Nc2cccc(C(F)(F)F)c2)nnc1SCC(=O)Nc1nc(C)cs1. The van der Waals surface area contributed by atoms with Crippen LogP contribution in [-0.4, -0.2) is 37.3 Å². The van der Waals surface area contributed by atoms with Crippen molar-refractivity contribution in [3.63, 3.8) is 0 Å². The minimum atomic E-state index is -4.50. The minimum Gasteiger partial charge on any atom is -0.326 e. The maximum atomic E-state index is 12.8. The Bertz CT molecular complexity index is 1110. The summed E-state index contributed by atoms with van der Waals surface area (Å²) < 4.78 is 40.2. The first-order chi connectivity index (χ1) is 15.2. The Kier molecular flexibility index (Phi) is 7.51. The number of benzene rings is 1. The summed E-state index contributed by atoms with van der Waals surface area (Å²) in [6.45, 7) is 4.12. The average Bonchev–Trinajstić information content (AvgIpc) is 3.31. The maximum absolute atomic E-state index is 12.8. The molecule has 0 atom stereocenters. The second kappa shape index (κ2) is 10.1. The monoisotopic (exact) mass is 484 g/mol. The smallest absolute Gasteiger partial charge is 0.326 e. The zero-order valence-corrected chi connectivity index (χ0v) is 18.7. The molecule has 0 aliphatic heterocycles. The molecule has 2 N–H and O–H groups in total. The van der Waals surface area contributed by atoms with Crippen molar-refractivity contribution in [1.29, 1.82) is 0 Å². The quantitative estimate of drug-likeness (QED) is 0.469. The van der Waals surface area contributed by atoms with E-state index in [1.54, 1.807) is 4.57 Å². The Hall–Kier alpha value is -2.93. The molecule has 32 heavy (non-hydrogen) atoms. The van der Waals surface area contributed by atoms with Gasteiger partial charge in [0.2, 0.25) is 11.8 Å². The van der Waals surface area contributed by atoms with E-state index in [4.69, 9.17) is 0 Å². The third-order valence-corrected chi connectivity index (χ3v) is 5.94. The molecule has 0 saturated heterocycles. The van der Waals surface area contributed by atoms with E-state index in [9.17, 15) is 22.8 Å². The summed E-state index contributed by atoms with van der Waals surface area (Å²) in [4.78, 5) is 28.6. The lowest BCUT2D eigenvalue weighted by atomic mass is 10.2. The van der Waals surface area contributed by atoms with Crippen LogP contribution < -0.4 is 10.6 Å². The van der Waals surface area contributed by atoms with Gasteiger partial charge in [-0.1, -0.05) is 17.8 Å². The fourth-order valence-corrected chi connectivity index (χ4v) is 4.22. The number of hydrogen-bond acceptors (Lipinski definition) is 7. The lowest BCUT2D eigenvalue weighted by Gasteiger charge is -2.10. The van der Waals surface area contributed by atoms with E-state index in [2.05, 4.69) is 25.8 Å². The third-order valence-electron chi connectivity index (χ3n) is 4.10. The maximum Gasteiger partial charge on any atom is 0.416 e. The summed E-state index contributed by atoms with van der Waals surface area (Å²) in [6.07, 6.45) is -4.68. The number of alkyl halides is 3. The molecule has 0 aliphatic rings. The highest BCUT2D eigenvalue weighted by Gasteiger charge is 2.30. The fourth-order valence-electron chi connectivity index (χ4n) is 2.69. The highest BCUT2D eigenvalue weighted by molar-refractivity contribution is 7.99. The van der Waals surface area contributed by atoms with E-state index < -0.39 is 17.6 Å². The van der Waals surface area contributed by atoms with Crippen LogP contribution in [0.2, 0.25) is 0 Å². The van der Waals surface area contributed by atoms with E-state index in [-0.39, 0.29) is 23.8 Å². The number of carbonyl (C=O) groups excluding carboxylic acids is 2. The lowest BCUT2D eigenvalue weighted by molar-refractivity contribution is -0.137. The molecule has 0 unspecified atom stereocenters. The Morgan fingerprint density at radius 3 is 2.62 bits per heavy atom. The Labute approximate surface area is 189 Å². The summed E-state index contributed by atoms with van der Waals surface area (Å²) in [5.41, 5.74) is 0.00436. The van der Waals surface area contributed by atoms with Crippen molar-refractivity contribution in [3.8, 4) is 0 Å². The lowest BCUT2D eigenvalue weighted by Crippen LogP contribution is -2.18. The Morgan fingerprint density at radius 2 is 1.97 bits per heavy atom. The molecule has 13 heteroatoms. The molecule has 2 heterocycles. The third kappa shape index (κ3) is 6.29. The molecular formula is C19H19F3N6O2S2. The largest absolute Gasteiger partial charge is 0.416 e. The number of hydrogen-bond donors (Lipinski definition) is 2. The molecule has 0 spiro atoms. The van der Waals surface area contributed by atoms with Crippen LogP contribution in [0.1, 0.15) is 24.0 Å². The molecule has 0 bridgehead atoms. The number of rotatable bonds is 8. The van der Waals surface area contributed by atoms with Gasteiger partial charge in [0.25, 0.3) is 0 Å². The van der Waals surface area contributed by atoms with E-state index in [0.29, 0.717) is 22.7 Å². The molecule has 0 fully saturated rings. The van der Waals surface area contributed by atoms with Crippen molar-refractivity contribution >= 4 is 45.7 Å². The number of nitrogens with zero attached hydrogens (tertiary/aromatic N) is 4. The van der Waals surface area contributed by atoms with Crippen molar-refractivity contribution in [3.05, 3.63) is 46.7 Å². The zero-order valence-electron chi connectivity index (χ0n) is 17.1. The zero-order chi connectivity index (χ0) is 23.3. The topological polar surface area (TPSA) is 102 Å². The van der Waals surface area contributed by atoms with Crippen molar-refractivity contribution in [2.45, 2.75) is 38.1 Å². The average molecular weight is 485 g/mol. The molecule has 0 saturated carbocycles. The van der Waals surface area contributed by atoms with Crippen LogP contribution in [0.3, 0.4) is 0 Å². The van der Waals surface area contributed by atoms with Gasteiger partial charge in [-0.25, -0.2) is 4.98 Å². The van der Waals surface area contributed by atoms with Crippen molar-refractivity contribution in [2.24, 2.45) is 0 Å². The van der Waals surface area contributed by atoms with Crippen LogP contribution in [0.15, 0.2) is 34.8 Å². The molecule has 0 aliphatic carbocycles. The standard InChI is InChI=1S/C19H19F3N6O2S2/c1-3-28-14(8-15(29)24-13-6-4-5-12(7-13)19(20,21)22)26-27-18(28)32-10-16(30)25-17-23-11(2)9-31-17/h4-7,9H,3,8,10H2,1-2H3,(H,24,29)(H,23,25,30). The number of thioether (sulfide) groups is 1. The fraction of sp³-hybridized carbons (Fsp3) is 0.316. The molecule has 3 rings (SSSR count). The van der Waals surface area contributed by atoms with Crippen LogP contribution >= 0.6 is 23.1 Å². The molecule has 1 aromatic carbocycles. The number of halogens is 3. The Balaban J connectivity index is 1.59. The first-order valence-electron chi connectivity index (χ1n) is 9.39. The van der Waals surface area contributed by atoms with Crippen LogP contribution in [0.5, 0.6) is 0 Å². The molecule has 2 aromatic heterocycles. The van der Waals surface area contributed by atoms with Gasteiger partial charge >= 0.3 is 6.18 Å². The van der Waals surface area contributed by atoms with Gasteiger partial charge < -0.3 is 15.2 Å². The van der Waals surface area contributed by atoms with Crippen LogP contribution in [0.25, 0.3) is 0 Å². The summed E-state index contributed by atoms with van der Waals surface area (Å²) in [7, 11) is 0. The molecule has 0 radical (unpaired) electrons. The van der Waals surface area contributed by atoms with Crippen molar-refractivity contribution < 1.29 is 22.8 Å². The van der Waals surface area contributed by atoms with Gasteiger partial charge in [0, 0.05) is 17.6 Å². The summed E-state index contributed by atoms with van der Waals surface area (Å²) in [6, 6.07) is 4.40. The number of nitrogens with one attached hydrogen (secondary N) is 2. The molecular weight excluding hydrogens is 465 g/mol. The van der Waals surface area contributed by atoms with E-state index in [1.165, 1.54) is 23.5 Å². The predicted octanol–water partition coefficient (Wildman–Crippen LogP) is 3.99. The second-order valence-corrected chi connectivity index (χ2v) is 8.38. The normalized spacial score (nSPS) is 11.4. The summed E-state index contributed by atoms with van der Waals surface area (Å²) in [5, 5.41) is 16.0. The first kappa shape index (κ1) is 23.7. The van der Waals surface area contributed by atoms with E-state index in [0.717, 1.165) is 29.6 Å². The number of amides is 2. The number of carbonyl (C=O) groups is 2. The van der Waals surface area contributed by atoms with Crippen LogP contribution in [0, 0.1) is 6.92 Å². The van der Waals surface area contributed by atoms with E-state index in [1.807, 2.05) is 19.2 Å². The van der Waals surface area contributed by atoms with Crippen LogP contribution in [0.4, 0.5) is 24.0 Å². The number of anilines is 2. The second-order valence-electron chi connectivity index (χ2n) is 6.58. The molecule has 3 aromatic rings.